The predicted molar refractivity (Wildman–Crippen MR) is 94.1 cm³/mol. The lowest BCUT2D eigenvalue weighted by molar-refractivity contribution is 0.576. The summed E-state index contributed by atoms with van der Waals surface area (Å²) in [5.74, 6) is 0. The van der Waals surface area contributed by atoms with Crippen LogP contribution in [0.3, 0.4) is 0 Å². The lowest BCUT2D eigenvalue weighted by atomic mass is 10.1. The maximum atomic E-state index is 12.4. The van der Waals surface area contributed by atoms with E-state index >= 15 is 0 Å². The molecule has 0 saturated heterocycles. The Morgan fingerprint density at radius 1 is 1.20 bits per heavy atom. The zero-order valence-electron chi connectivity index (χ0n) is 14.0. The van der Waals surface area contributed by atoms with Crippen molar-refractivity contribution in [1.82, 2.24) is 24.2 Å². The Hall–Kier alpha value is -2.58. The van der Waals surface area contributed by atoms with E-state index in [1.165, 1.54) is 12.5 Å². The number of pyridine rings is 2. The first-order chi connectivity index (χ1) is 12.0. The molecule has 0 bridgehead atoms. The third-order valence-electron chi connectivity index (χ3n) is 3.70. The molecule has 25 heavy (non-hydrogen) atoms. The van der Waals surface area contributed by atoms with Crippen molar-refractivity contribution < 1.29 is 8.42 Å². The van der Waals surface area contributed by atoms with Gasteiger partial charge in [-0.3, -0.25) is 9.97 Å². The zero-order valence-corrected chi connectivity index (χ0v) is 14.8. The molecule has 0 aromatic carbocycles. The van der Waals surface area contributed by atoms with Crippen molar-refractivity contribution >= 4 is 10.0 Å². The van der Waals surface area contributed by atoms with Crippen molar-refractivity contribution in [3.63, 3.8) is 0 Å². The molecule has 0 radical (unpaired) electrons. The van der Waals surface area contributed by atoms with E-state index in [-0.39, 0.29) is 17.6 Å². The van der Waals surface area contributed by atoms with E-state index < -0.39 is 10.0 Å². The molecule has 0 amide bonds. The molecule has 0 aliphatic heterocycles. The van der Waals surface area contributed by atoms with Crippen LogP contribution in [0.2, 0.25) is 0 Å². The maximum absolute atomic E-state index is 12.4. The van der Waals surface area contributed by atoms with Crippen molar-refractivity contribution in [3.8, 4) is 11.3 Å². The number of imidazole rings is 1. The molecule has 3 heterocycles. The number of nitrogens with zero attached hydrogens (tertiary/aromatic N) is 4. The van der Waals surface area contributed by atoms with Crippen molar-refractivity contribution in [2.24, 2.45) is 0 Å². The first-order valence-corrected chi connectivity index (χ1v) is 9.32. The second kappa shape index (κ2) is 7.12. The highest BCUT2D eigenvalue weighted by Gasteiger charge is 2.17. The average molecular weight is 357 g/mol. The fraction of sp³-hybridized carbons (Fsp3) is 0.235. The molecular formula is C17H19N5O2S. The van der Waals surface area contributed by atoms with Crippen molar-refractivity contribution in [3.05, 3.63) is 60.9 Å². The quantitative estimate of drug-likeness (QED) is 0.732. The van der Waals surface area contributed by atoms with E-state index in [1.54, 1.807) is 29.2 Å². The van der Waals surface area contributed by atoms with Crippen LogP contribution in [-0.4, -0.2) is 27.9 Å². The van der Waals surface area contributed by atoms with Gasteiger partial charge in [0.2, 0.25) is 0 Å². The lowest BCUT2D eigenvalue weighted by Crippen LogP contribution is -2.23. The number of nitrogens with one attached hydrogen (secondary N) is 1. The van der Waals surface area contributed by atoms with Crippen molar-refractivity contribution in [2.45, 2.75) is 31.5 Å². The summed E-state index contributed by atoms with van der Waals surface area (Å²) in [5.41, 5.74) is 2.43. The van der Waals surface area contributed by atoms with E-state index in [9.17, 15) is 8.42 Å². The molecule has 3 aromatic heterocycles. The third kappa shape index (κ3) is 4.09. The summed E-state index contributed by atoms with van der Waals surface area (Å²) in [6.45, 7) is 4.08. The molecule has 1 N–H and O–H groups in total. The molecule has 0 saturated carbocycles. The standard InChI is InChI=1S/C17H19N5O2S/c1-13(2)22-11-17(20-12-22)25(23,24)21-9-14-5-7-19-16(8-14)15-4-3-6-18-10-15/h3-8,10-13,21H,9H2,1-2H3. The minimum absolute atomic E-state index is 0.0164. The fourth-order valence-corrected chi connectivity index (χ4v) is 3.20. The van der Waals surface area contributed by atoms with Crippen molar-refractivity contribution in [1.29, 1.82) is 0 Å². The molecule has 7 nitrogen and oxygen atoms in total. The Bertz CT molecular complexity index is 952. The Kier molecular flexibility index (Phi) is 4.91. The van der Waals surface area contributed by atoms with Crippen LogP contribution in [0.25, 0.3) is 11.3 Å². The van der Waals surface area contributed by atoms with Crippen molar-refractivity contribution in [2.75, 3.05) is 0 Å². The Morgan fingerprint density at radius 3 is 2.72 bits per heavy atom. The van der Waals surface area contributed by atoms with Crippen LogP contribution in [-0.2, 0) is 16.6 Å². The first kappa shape index (κ1) is 17.2. The second-order valence-corrected chi connectivity index (χ2v) is 7.58. The van der Waals surface area contributed by atoms with Gasteiger partial charge in [0.05, 0.1) is 12.0 Å². The largest absolute Gasteiger partial charge is 0.334 e. The molecule has 3 rings (SSSR count). The third-order valence-corrected chi connectivity index (χ3v) is 4.98. The van der Waals surface area contributed by atoms with Crippen LogP contribution < -0.4 is 4.72 Å². The van der Waals surface area contributed by atoms with Gasteiger partial charge in [0, 0.05) is 42.9 Å². The molecular weight excluding hydrogens is 338 g/mol. The van der Waals surface area contributed by atoms with Crippen LogP contribution in [0, 0.1) is 0 Å². The Labute approximate surface area is 146 Å². The molecule has 0 spiro atoms. The minimum Gasteiger partial charge on any atom is -0.334 e. The van der Waals surface area contributed by atoms with Gasteiger partial charge in [-0.05, 0) is 43.7 Å². The van der Waals surface area contributed by atoms with Gasteiger partial charge in [-0.1, -0.05) is 0 Å². The monoisotopic (exact) mass is 357 g/mol. The van der Waals surface area contributed by atoms with Gasteiger partial charge in [0.25, 0.3) is 10.0 Å². The summed E-state index contributed by atoms with van der Waals surface area (Å²) in [5, 5.41) is 0.0164. The zero-order chi connectivity index (χ0) is 17.9. The highest BCUT2D eigenvalue weighted by Crippen LogP contribution is 2.17. The van der Waals surface area contributed by atoms with Crippen LogP contribution in [0.1, 0.15) is 25.5 Å². The van der Waals surface area contributed by atoms with Gasteiger partial charge in [-0.2, -0.15) is 0 Å². The number of aromatic nitrogens is 4. The topological polar surface area (TPSA) is 89.8 Å². The lowest BCUT2D eigenvalue weighted by Gasteiger charge is -2.07. The van der Waals surface area contributed by atoms with E-state index in [0.717, 1.165) is 16.8 Å². The van der Waals surface area contributed by atoms with Gasteiger partial charge in [-0.25, -0.2) is 18.1 Å². The smallest absolute Gasteiger partial charge is 0.259 e. The second-order valence-electron chi connectivity index (χ2n) is 5.87. The fourth-order valence-electron chi connectivity index (χ4n) is 2.25. The highest BCUT2D eigenvalue weighted by molar-refractivity contribution is 7.89. The van der Waals surface area contributed by atoms with Gasteiger partial charge < -0.3 is 4.57 Å². The predicted octanol–water partition coefficient (Wildman–Crippen LogP) is 2.40. The summed E-state index contributed by atoms with van der Waals surface area (Å²) in [7, 11) is -3.66. The van der Waals surface area contributed by atoms with Crippen LogP contribution in [0.5, 0.6) is 0 Å². The average Bonchev–Trinajstić information content (AvgIpc) is 3.13. The first-order valence-electron chi connectivity index (χ1n) is 7.84. The molecule has 0 aliphatic rings. The highest BCUT2D eigenvalue weighted by atomic mass is 32.2. The van der Waals surface area contributed by atoms with Gasteiger partial charge in [0.15, 0.2) is 5.03 Å². The number of hydrogen-bond acceptors (Lipinski definition) is 5. The van der Waals surface area contributed by atoms with Gasteiger partial charge in [0.1, 0.15) is 0 Å². The summed E-state index contributed by atoms with van der Waals surface area (Å²) in [6.07, 6.45) is 8.11. The van der Waals surface area contributed by atoms with Crippen LogP contribution >= 0.6 is 0 Å². The van der Waals surface area contributed by atoms with E-state index in [2.05, 4.69) is 19.7 Å². The van der Waals surface area contributed by atoms with E-state index in [4.69, 9.17) is 0 Å². The van der Waals surface area contributed by atoms with Gasteiger partial charge in [-0.15, -0.1) is 0 Å². The number of sulfonamides is 1. The molecule has 130 valence electrons. The SMILES string of the molecule is CC(C)n1cnc(S(=O)(=O)NCc2ccnc(-c3cccnc3)c2)c1. The van der Waals surface area contributed by atoms with Gasteiger partial charge >= 0.3 is 0 Å². The molecule has 0 unspecified atom stereocenters. The van der Waals surface area contributed by atoms with E-state index in [1.807, 2.05) is 32.0 Å². The molecule has 8 heteroatoms. The summed E-state index contributed by atoms with van der Waals surface area (Å²) in [4.78, 5) is 12.4. The summed E-state index contributed by atoms with van der Waals surface area (Å²) < 4.78 is 29.1. The Balaban J connectivity index is 1.74. The maximum Gasteiger partial charge on any atom is 0.259 e. The van der Waals surface area contributed by atoms with Crippen LogP contribution in [0.15, 0.2) is 60.4 Å². The van der Waals surface area contributed by atoms with Crippen LogP contribution in [0.4, 0.5) is 0 Å². The summed E-state index contributed by atoms with van der Waals surface area (Å²) in [6, 6.07) is 7.50. The van der Waals surface area contributed by atoms with E-state index in [0.29, 0.717) is 0 Å². The number of hydrogen-bond donors (Lipinski definition) is 1. The molecule has 0 atom stereocenters. The normalized spacial score (nSPS) is 11.8. The molecule has 0 aliphatic carbocycles. The molecule has 0 fully saturated rings. The Morgan fingerprint density at radius 2 is 2.04 bits per heavy atom. The minimum atomic E-state index is -3.66. The summed E-state index contributed by atoms with van der Waals surface area (Å²) >= 11 is 0. The number of rotatable bonds is 6. The molecule has 3 aromatic rings.